The minimum Gasteiger partial charge on any atom is -0.344 e. The Morgan fingerprint density at radius 2 is 1.95 bits per heavy atom. The van der Waals surface area contributed by atoms with E-state index in [-0.39, 0.29) is 0 Å². The average Bonchev–Trinajstić information content (AvgIpc) is 2.73. The predicted molar refractivity (Wildman–Crippen MR) is 80.2 cm³/mol. The fourth-order valence-corrected chi connectivity index (χ4v) is 2.38. The summed E-state index contributed by atoms with van der Waals surface area (Å²) in [5, 5.41) is 0.729. The topological polar surface area (TPSA) is 54.7 Å². The third-order valence-electron chi connectivity index (χ3n) is 3.31. The van der Waals surface area contributed by atoms with Crippen molar-refractivity contribution >= 4 is 11.6 Å². The van der Waals surface area contributed by atoms with Crippen LogP contribution in [0.1, 0.15) is 38.2 Å². The molecule has 0 saturated carbocycles. The quantitative estimate of drug-likeness (QED) is 0.887. The number of aromatic amines is 1. The second-order valence-electron chi connectivity index (χ2n) is 5.23. The molecule has 1 atom stereocenters. The van der Waals surface area contributed by atoms with Gasteiger partial charge in [-0.1, -0.05) is 37.1 Å². The number of nitrogens with zero attached hydrogens (tertiary/aromatic N) is 1. The normalized spacial score (nSPS) is 14.4. The Morgan fingerprint density at radius 3 is 2.53 bits per heavy atom. The molecule has 4 heteroatoms. The van der Waals surface area contributed by atoms with Gasteiger partial charge in [0.15, 0.2) is 0 Å². The number of hydrogen-bond acceptors (Lipinski definition) is 2. The number of halogens is 1. The van der Waals surface area contributed by atoms with Crippen molar-refractivity contribution in [3.05, 3.63) is 40.8 Å². The smallest absolute Gasteiger partial charge is 0.126 e. The Bertz CT molecular complexity index is 555. The van der Waals surface area contributed by atoms with Crippen LogP contribution in [0.5, 0.6) is 0 Å². The molecule has 0 aliphatic heterocycles. The van der Waals surface area contributed by atoms with Gasteiger partial charge in [-0.2, -0.15) is 0 Å². The highest BCUT2D eigenvalue weighted by Crippen LogP contribution is 2.27. The van der Waals surface area contributed by atoms with Gasteiger partial charge >= 0.3 is 0 Å². The minimum absolute atomic E-state index is 0.413. The molecule has 0 radical (unpaired) electrons. The van der Waals surface area contributed by atoms with Gasteiger partial charge in [0.05, 0.1) is 11.2 Å². The Hall–Kier alpha value is -1.32. The summed E-state index contributed by atoms with van der Waals surface area (Å²) in [7, 11) is 0. The summed E-state index contributed by atoms with van der Waals surface area (Å²) in [6.07, 6.45) is 1.93. The van der Waals surface area contributed by atoms with Crippen LogP contribution in [-0.2, 0) is 5.54 Å². The third-order valence-corrected chi connectivity index (χ3v) is 3.56. The van der Waals surface area contributed by atoms with E-state index in [0.29, 0.717) is 0 Å². The van der Waals surface area contributed by atoms with Crippen molar-refractivity contribution in [1.29, 1.82) is 0 Å². The SMILES string of the molecule is CCCC(C)(N)c1nc(-c2ccc(Cl)cc2)c(C)[nH]1. The summed E-state index contributed by atoms with van der Waals surface area (Å²) >= 11 is 5.91. The molecule has 2 rings (SSSR count). The van der Waals surface area contributed by atoms with E-state index in [1.165, 1.54) is 0 Å². The zero-order valence-corrected chi connectivity index (χ0v) is 12.4. The lowest BCUT2D eigenvalue weighted by molar-refractivity contribution is 0.423. The molecule has 0 fully saturated rings. The fourth-order valence-electron chi connectivity index (χ4n) is 2.26. The van der Waals surface area contributed by atoms with Crippen LogP contribution in [-0.4, -0.2) is 9.97 Å². The van der Waals surface area contributed by atoms with E-state index in [9.17, 15) is 0 Å². The number of aryl methyl sites for hydroxylation is 1. The summed E-state index contributed by atoms with van der Waals surface area (Å²) in [4.78, 5) is 7.99. The van der Waals surface area contributed by atoms with E-state index in [2.05, 4.69) is 16.9 Å². The van der Waals surface area contributed by atoms with Crippen molar-refractivity contribution in [2.75, 3.05) is 0 Å². The molecule has 0 saturated heterocycles. The maximum atomic E-state index is 6.32. The van der Waals surface area contributed by atoms with Gasteiger partial charge < -0.3 is 10.7 Å². The van der Waals surface area contributed by atoms with E-state index in [1.807, 2.05) is 38.1 Å². The van der Waals surface area contributed by atoms with Crippen molar-refractivity contribution in [1.82, 2.24) is 9.97 Å². The zero-order chi connectivity index (χ0) is 14.0. The van der Waals surface area contributed by atoms with Gasteiger partial charge in [-0.3, -0.25) is 0 Å². The van der Waals surface area contributed by atoms with E-state index >= 15 is 0 Å². The molecule has 19 heavy (non-hydrogen) atoms. The van der Waals surface area contributed by atoms with E-state index in [4.69, 9.17) is 17.3 Å². The zero-order valence-electron chi connectivity index (χ0n) is 11.6. The van der Waals surface area contributed by atoms with Crippen molar-refractivity contribution in [2.45, 2.75) is 39.2 Å². The number of nitrogens with two attached hydrogens (primary N) is 1. The molecule has 0 aliphatic rings. The van der Waals surface area contributed by atoms with Gasteiger partial charge in [-0.05, 0) is 32.4 Å². The number of H-pyrrole nitrogens is 1. The highest BCUT2D eigenvalue weighted by Gasteiger charge is 2.25. The van der Waals surface area contributed by atoms with E-state index in [0.717, 1.165) is 40.6 Å². The fraction of sp³-hybridized carbons (Fsp3) is 0.400. The van der Waals surface area contributed by atoms with Crippen LogP contribution in [0.2, 0.25) is 5.02 Å². The van der Waals surface area contributed by atoms with E-state index in [1.54, 1.807) is 0 Å². The Labute approximate surface area is 119 Å². The van der Waals surface area contributed by atoms with Gasteiger partial charge in [-0.25, -0.2) is 4.98 Å². The second kappa shape index (κ2) is 5.35. The maximum absolute atomic E-state index is 6.32. The van der Waals surface area contributed by atoms with Crippen LogP contribution >= 0.6 is 11.6 Å². The molecule has 102 valence electrons. The minimum atomic E-state index is -0.413. The van der Waals surface area contributed by atoms with Gasteiger partial charge in [0.1, 0.15) is 5.82 Å². The van der Waals surface area contributed by atoms with E-state index < -0.39 is 5.54 Å². The van der Waals surface area contributed by atoms with Crippen molar-refractivity contribution < 1.29 is 0 Å². The first-order valence-electron chi connectivity index (χ1n) is 6.56. The van der Waals surface area contributed by atoms with Gasteiger partial charge in [0.2, 0.25) is 0 Å². The van der Waals surface area contributed by atoms with Crippen molar-refractivity contribution in [2.24, 2.45) is 5.73 Å². The second-order valence-corrected chi connectivity index (χ2v) is 5.67. The van der Waals surface area contributed by atoms with Crippen LogP contribution in [0.25, 0.3) is 11.3 Å². The Morgan fingerprint density at radius 1 is 1.32 bits per heavy atom. The number of rotatable bonds is 4. The molecule has 3 nitrogen and oxygen atoms in total. The molecular formula is C15H20ClN3. The molecular weight excluding hydrogens is 258 g/mol. The largest absolute Gasteiger partial charge is 0.344 e. The lowest BCUT2D eigenvalue weighted by atomic mass is 9.97. The van der Waals surface area contributed by atoms with Crippen LogP contribution in [0.15, 0.2) is 24.3 Å². The van der Waals surface area contributed by atoms with Gasteiger partial charge in [0, 0.05) is 16.3 Å². The summed E-state index contributed by atoms with van der Waals surface area (Å²) in [6.45, 7) is 6.16. The number of benzene rings is 1. The first-order chi connectivity index (χ1) is 8.94. The molecule has 1 heterocycles. The molecule has 1 unspecified atom stereocenters. The Balaban J connectivity index is 2.39. The summed E-state index contributed by atoms with van der Waals surface area (Å²) in [5.74, 6) is 0.844. The monoisotopic (exact) mass is 277 g/mol. The molecule has 2 aromatic rings. The number of imidazole rings is 1. The first kappa shape index (κ1) is 14.1. The van der Waals surface area contributed by atoms with Crippen LogP contribution in [0, 0.1) is 6.92 Å². The van der Waals surface area contributed by atoms with Crippen molar-refractivity contribution in [3.63, 3.8) is 0 Å². The first-order valence-corrected chi connectivity index (χ1v) is 6.93. The summed E-state index contributed by atoms with van der Waals surface area (Å²) in [6, 6.07) is 7.70. The lowest BCUT2D eigenvalue weighted by Crippen LogP contribution is -2.34. The molecule has 1 aromatic heterocycles. The molecule has 0 bridgehead atoms. The molecule has 3 N–H and O–H groups in total. The average molecular weight is 278 g/mol. The van der Waals surface area contributed by atoms with Gasteiger partial charge in [-0.15, -0.1) is 0 Å². The highest BCUT2D eigenvalue weighted by atomic mass is 35.5. The molecule has 0 amide bonds. The van der Waals surface area contributed by atoms with Crippen LogP contribution in [0.4, 0.5) is 0 Å². The predicted octanol–water partition coefficient (Wildman–Crippen LogP) is 4.01. The summed E-state index contributed by atoms with van der Waals surface area (Å²) < 4.78 is 0. The molecule has 0 spiro atoms. The number of aromatic nitrogens is 2. The number of hydrogen-bond donors (Lipinski definition) is 2. The molecule has 1 aromatic carbocycles. The van der Waals surface area contributed by atoms with Gasteiger partial charge in [0.25, 0.3) is 0 Å². The lowest BCUT2D eigenvalue weighted by Gasteiger charge is -2.21. The summed E-state index contributed by atoms with van der Waals surface area (Å²) in [5.41, 5.74) is 8.93. The Kier molecular flexibility index (Phi) is 3.97. The maximum Gasteiger partial charge on any atom is 0.126 e. The van der Waals surface area contributed by atoms with Crippen LogP contribution in [0.3, 0.4) is 0 Å². The standard InChI is InChI=1S/C15H20ClN3/c1-4-9-15(3,17)14-18-10(2)13(19-14)11-5-7-12(16)8-6-11/h5-8H,4,9,17H2,1-3H3,(H,18,19). The number of nitrogens with one attached hydrogen (secondary N) is 1. The highest BCUT2D eigenvalue weighted by molar-refractivity contribution is 6.30. The third kappa shape index (κ3) is 2.99. The van der Waals surface area contributed by atoms with Crippen molar-refractivity contribution in [3.8, 4) is 11.3 Å². The molecule has 0 aliphatic carbocycles. The van der Waals surface area contributed by atoms with Crippen LogP contribution < -0.4 is 5.73 Å².